The molecule has 6 nitrogen and oxygen atoms in total. The summed E-state index contributed by atoms with van der Waals surface area (Å²) in [4.78, 5) is 14.8. The van der Waals surface area contributed by atoms with Crippen molar-refractivity contribution in [2.75, 3.05) is 30.9 Å². The summed E-state index contributed by atoms with van der Waals surface area (Å²) in [7, 11) is -3.63. The largest absolute Gasteiger partial charge is 0.352 e. The highest BCUT2D eigenvalue weighted by molar-refractivity contribution is 7.92. The molecular weight excluding hydrogens is 362 g/mol. The van der Waals surface area contributed by atoms with Crippen molar-refractivity contribution >= 4 is 21.6 Å². The minimum Gasteiger partial charge on any atom is -0.352 e. The van der Waals surface area contributed by atoms with Gasteiger partial charge in [-0.05, 0) is 75.3 Å². The molecule has 0 aromatic heterocycles. The van der Waals surface area contributed by atoms with Gasteiger partial charge in [-0.1, -0.05) is 18.2 Å². The molecule has 1 aliphatic rings. The van der Waals surface area contributed by atoms with Gasteiger partial charge in [-0.15, -0.1) is 0 Å². The molecule has 0 aliphatic carbocycles. The van der Waals surface area contributed by atoms with E-state index in [2.05, 4.69) is 14.9 Å². The number of nitrogens with zero attached hydrogens (tertiary/aromatic N) is 1. The molecule has 2 N–H and O–H groups in total. The SMILES string of the molecule is O=C(NCCCN1CCCC1)c1ccc(NS(=O)(=O)c2ccccc2)cc1. The molecule has 144 valence electrons. The van der Waals surface area contributed by atoms with Gasteiger partial charge in [0.15, 0.2) is 0 Å². The van der Waals surface area contributed by atoms with Crippen LogP contribution in [0.15, 0.2) is 59.5 Å². The molecule has 2 aromatic carbocycles. The lowest BCUT2D eigenvalue weighted by Crippen LogP contribution is -2.28. The van der Waals surface area contributed by atoms with E-state index in [1.807, 2.05) is 0 Å². The van der Waals surface area contributed by atoms with E-state index in [0.29, 0.717) is 17.8 Å². The zero-order chi connectivity index (χ0) is 19.1. The summed E-state index contributed by atoms with van der Waals surface area (Å²) in [6.07, 6.45) is 3.47. The van der Waals surface area contributed by atoms with Crippen molar-refractivity contribution in [1.82, 2.24) is 10.2 Å². The van der Waals surface area contributed by atoms with Crippen molar-refractivity contribution < 1.29 is 13.2 Å². The van der Waals surface area contributed by atoms with Crippen molar-refractivity contribution in [1.29, 1.82) is 0 Å². The minimum atomic E-state index is -3.63. The molecule has 3 rings (SSSR count). The van der Waals surface area contributed by atoms with Crippen LogP contribution in [-0.2, 0) is 10.0 Å². The van der Waals surface area contributed by atoms with E-state index in [1.165, 1.54) is 25.0 Å². The van der Waals surface area contributed by atoms with Crippen LogP contribution in [0.2, 0.25) is 0 Å². The summed E-state index contributed by atoms with van der Waals surface area (Å²) in [5.74, 6) is -0.145. The summed E-state index contributed by atoms with van der Waals surface area (Å²) in [5, 5.41) is 2.91. The van der Waals surface area contributed by atoms with Gasteiger partial charge in [-0.25, -0.2) is 8.42 Å². The minimum absolute atomic E-state index is 0.145. The van der Waals surface area contributed by atoms with Crippen molar-refractivity contribution in [3.05, 3.63) is 60.2 Å². The first-order valence-electron chi connectivity index (χ1n) is 9.23. The van der Waals surface area contributed by atoms with E-state index in [0.717, 1.165) is 26.1 Å². The zero-order valence-corrected chi connectivity index (χ0v) is 16.0. The number of hydrogen-bond acceptors (Lipinski definition) is 4. The van der Waals surface area contributed by atoms with Gasteiger partial charge in [0, 0.05) is 17.8 Å². The Bertz CT molecular complexity index is 846. The van der Waals surface area contributed by atoms with Gasteiger partial charge in [-0.3, -0.25) is 9.52 Å². The molecule has 0 spiro atoms. The summed E-state index contributed by atoms with van der Waals surface area (Å²) in [6.45, 7) is 3.97. The maximum Gasteiger partial charge on any atom is 0.261 e. The first-order chi connectivity index (χ1) is 13.0. The number of anilines is 1. The molecule has 2 aromatic rings. The van der Waals surface area contributed by atoms with Gasteiger partial charge in [0.05, 0.1) is 4.90 Å². The van der Waals surface area contributed by atoms with Crippen LogP contribution < -0.4 is 10.0 Å². The Kier molecular flexibility index (Phi) is 6.47. The average molecular weight is 388 g/mol. The van der Waals surface area contributed by atoms with Gasteiger partial charge in [-0.2, -0.15) is 0 Å². The highest BCUT2D eigenvalue weighted by atomic mass is 32.2. The highest BCUT2D eigenvalue weighted by Gasteiger charge is 2.14. The van der Waals surface area contributed by atoms with Crippen molar-refractivity contribution in [3.63, 3.8) is 0 Å². The Morgan fingerprint density at radius 1 is 0.963 bits per heavy atom. The Labute approximate surface area is 160 Å². The maximum absolute atomic E-state index is 12.3. The molecule has 0 saturated carbocycles. The van der Waals surface area contributed by atoms with Gasteiger partial charge in [0.1, 0.15) is 0 Å². The lowest BCUT2D eigenvalue weighted by Gasteiger charge is -2.14. The third-order valence-electron chi connectivity index (χ3n) is 4.59. The molecule has 1 fully saturated rings. The van der Waals surface area contributed by atoms with Crippen LogP contribution in [0.1, 0.15) is 29.6 Å². The molecule has 0 atom stereocenters. The van der Waals surface area contributed by atoms with Crippen LogP contribution in [0.25, 0.3) is 0 Å². The second-order valence-corrected chi connectivity index (χ2v) is 8.34. The second kappa shape index (κ2) is 9.01. The topological polar surface area (TPSA) is 78.5 Å². The first-order valence-corrected chi connectivity index (χ1v) is 10.7. The molecule has 1 amide bonds. The molecular formula is C20H25N3O3S. The fourth-order valence-corrected chi connectivity index (χ4v) is 4.20. The third-order valence-corrected chi connectivity index (χ3v) is 5.99. The zero-order valence-electron chi connectivity index (χ0n) is 15.2. The van der Waals surface area contributed by atoms with Gasteiger partial charge < -0.3 is 10.2 Å². The van der Waals surface area contributed by atoms with Gasteiger partial charge in [0.2, 0.25) is 0 Å². The smallest absolute Gasteiger partial charge is 0.261 e. The quantitative estimate of drug-likeness (QED) is 0.683. The first kappa shape index (κ1) is 19.4. The van der Waals surface area contributed by atoms with Crippen LogP contribution in [0, 0.1) is 0 Å². The van der Waals surface area contributed by atoms with Crippen molar-refractivity contribution in [3.8, 4) is 0 Å². The van der Waals surface area contributed by atoms with E-state index >= 15 is 0 Å². The average Bonchev–Trinajstić information content (AvgIpc) is 3.20. The van der Waals surface area contributed by atoms with E-state index in [1.54, 1.807) is 42.5 Å². The second-order valence-electron chi connectivity index (χ2n) is 6.65. The monoisotopic (exact) mass is 387 g/mol. The van der Waals surface area contributed by atoms with Crippen LogP contribution in [0.3, 0.4) is 0 Å². The normalized spacial score (nSPS) is 14.8. The molecule has 0 radical (unpaired) electrons. The number of nitrogens with one attached hydrogen (secondary N) is 2. The Morgan fingerprint density at radius 3 is 2.30 bits per heavy atom. The Balaban J connectivity index is 1.49. The van der Waals surface area contributed by atoms with E-state index in [9.17, 15) is 13.2 Å². The third kappa shape index (κ3) is 5.55. The lowest BCUT2D eigenvalue weighted by atomic mass is 10.2. The van der Waals surface area contributed by atoms with Crippen LogP contribution in [0.5, 0.6) is 0 Å². The van der Waals surface area contributed by atoms with E-state index < -0.39 is 10.0 Å². The number of likely N-dealkylation sites (tertiary alicyclic amines) is 1. The molecule has 1 aliphatic heterocycles. The number of carbonyl (C=O) groups is 1. The van der Waals surface area contributed by atoms with Crippen LogP contribution in [-0.4, -0.2) is 45.4 Å². The lowest BCUT2D eigenvalue weighted by molar-refractivity contribution is 0.0952. The molecule has 0 bridgehead atoms. The predicted molar refractivity (Wildman–Crippen MR) is 106 cm³/mol. The summed E-state index contributed by atoms with van der Waals surface area (Å²) >= 11 is 0. The number of amides is 1. The predicted octanol–water partition coefficient (Wildman–Crippen LogP) is 2.70. The standard InChI is InChI=1S/C20H25N3O3S/c24-20(21-13-6-16-23-14-4-5-15-23)17-9-11-18(12-10-17)22-27(25,26)19-7-2-1-3-8-19/h1-3,7-12,22H,4-6,13-16H2,(H,21,24). The number of carbonyl (C=O) groups excluding carboxylic acids is 1. The fourth-order valence-electron chi connectivity index (χ4n) is 3.12. The summed E-state index contributed by atoms with van der Waals surface area (Å²) < 4.78 is 27.1. The number of rotatable bonds is 8. The summed E-state index contributed by atoms with van der Waals surface area (Å²) in [5.41, 5.74) is 0.934. The van der Waals surface area contributed by atoms with E-state index in [-0.39, 0.29) is 10.8 Å². The van der Waals surface area contributed by atoms with Crippen molar-refractivity contribution in [2.24, 2.45) is 0 Å². The Hall–Kier alpha value is -2.38. The maximum atomic E-state index is 12.3. The highest BCUT2D eigenvalue weighted by Crippen LogP contribution is 2.16. The summed E-state index contributed by atoms with van der Waals surface area (Å²) in [6, 6.07) is 14.6. The molecule has 1 heterocycles. The van der Waals surface area contributed by atoms with Crippen LogP contribution >= 0.6 is 0 Å². The van der Waals surface area contributed by atoms with Crippen molar-refractivity contribution in [2.45, 2.75) is 24.2 Å². The fraction of sp³-hybridized carbons (Fsp3) is 0.350. The van der Waals surface area contributed by atoms with Crippen LogP contribution in [0.4, 0.5) is 5.69 Å². The molecule has 1 saturated heterocycles. The van der Waals surface area contributed by atoms with Gasteiger partial charge in [0.25, 0.3) is 15.9 Å². The Morgan fingerprint density at radius 2 is 1.63 bits per heavy atom. The van der Waals surface area contributed by atoms with Gasteiger partial charge >= 0.3 is 0 Å². The number of hydrogen-bond donors (Lipinski definition) is 2. The number of benzene rings is 2. The molecule has 27 heavy (non-hydrogen) atoms. The van der Waals surface area contributed by atoms with E-state index in [4.69, 9.17) is 0 Å². The molecule has 0 unspecified atom stereocenters. The molecule has 7 heteroatoms. The number of sulfonamides is 1.